The molecule has 0 spiro atoms. The van der Waals surface area contributed by atoms with E-state index in [0.717, 1.165) is 21.7 Å². The number of hydrogen-bond donors (Lipinski definition) is 1. The summed E-state index contributed by atoms with van der Waals surface area (Å²) in [4.78, 5) is 20.5. The summed E-state index contributed by atoms with van der Waals surface area (Å²) >= 11 is 0. The first-order valence-electron chi connectivity index (χ1n) is 8.35. The number of sulfonamides is 1. The van der Waals surface area contributed by atoms with Crippen LogP contribution in [0.4, 0.5) is 5.69 Å². The Morgan fingerprint density at radius 1 is 1.18 bits per heavy atom. The van der Waals surface area contributed by atoms with Gasteiger partial charge in [0.05, 0.1) is 19.2 Å². The van der Waals surface area contributed by atoms with E-state index in [1.54, 1.807) is 36.7 Å². The van der Waals surface area contributed by atoms with E-state index >= 15 is 0 Å². The second-order valence-electron chi connectivity index (χ2n) is 6.15. The van der Waals surface area contributed by atoms with Crippen LogP contribution < -0.4 is 5.32 Å². The van der Waals surface area contributed by atoms with Gasteiger partial charge in [-0.15, -0.1) is 0 Å². The number of rotatable bonds is 7. The number of nitrogens with one attached hydrogen (secondary N) is 1. The Morgan fingerprint density at radius 3 is 2.61 bits per heavy atom. The Hall–Kier alpha value is -3.11. The lowest BCUT2D eigenvalue weighted by Gasteiger charge is -2.15. The average Bonchev–Trinajstić information content (AvgIpc) is 3.12. The second-order valence-corrected chi connectivity index (χ2v) is 8.24. The number of carbonyl (C=O) groups excluding carboxylic acids is 1. The van der Waals surface area contributed by atoms with Gasteiger partial charge in [-0.25, -0.2) is 8.42 Å². The van der Waals surface area contributed by atoms with Crippen molar-refractivity contribution in [3.8, 4) is 11.4 Å². The van der Waals surface area contributed by atoms with Crippen molar-refractivity contribution < 1.29 is 17.7 Å². The Kier molecular flexibility index (Phi) is 5.81. The van der Waals surface area contributed by atoms with E-state index in [-0.39, 0.29) is 6.54 Å². The smallest absolute Gasteiger partial charge is 0.239 e. The molecule has 3 aromatic rings. The summed E-state index contributed by atoms with van der Waals surface area (Å²) < 4.78 is 29.2. The molecule has 0 fully saturated rings. The Morgan fingerprint density at radius 2 is 1.89 bits per heavy atom. The Balaban J connectivity index is 1.73. The average molecular weight is 401 g/mol. The molecule has 0 saturated carbocycles. The summed E-state index contributed by atoms with van der Waals surface area (Å²) in [6.07, 6.45) is 4.65. The summed E-state index contributed by atoms with van der Waals surface area (Å²) in [6.45, 7) is -0.278. The van der Waals surface area contributed by atoms with Crippen LogP contribution >= 0.6 is 0 Å². The Labute approximate surface area is 162 Å². The van der Waals surface area contributed by atoms with Crippen LogP contribution in [0.25, 0.3) is 11.4 Å². The van der Waals surface area contributed by atoms with E-state index in [1.807, 2.05) is 12.1 Å². The number of nitrogens with zero attached hydrogens (tertiary/aromatic N) is 4. The van der Waals surface area contributed by atoms with Gasteiger partial charge in [0.1, 0.15) is 0 Å². The summed E-state index contributed by atoms with van der Waals surface area (Å²) in [6, 6.07) is 10.7. The van der Waals surface area contributed by atoms with Crippen molar-refractivity contribution in [1.82, 2.24) is 19.4 Å². The fraction of sp³-hybridized carbons (Fsp3) is 0.222. The third kappa shape index (κ3) is 4.99. The van der Waals surface area contributed by atoms with Gasteiger partial charge < -0.3 is 9.84 Å². The molecule has 10 heteroatoms. The van der Waals surface area contributed by atoms with Crippen LogP contribution in [0.15, 0.2) is 53.3 Å². The predicted octanol–water partition coefficient (Wildman–Crippen LogP) is 1.55. The number of pyridine rings is 1. The maximum Gasteiger partial charge on any atom is 0.239 e. The molecule has 1 amide bonds. The number of hydrogen-bond acceptors (Lipinski definition) is 7. The maximum atomic E-state index is 12.2. The van der Waals surface area contributed by atoms with Crippen LogP contribution in [0.1, 0.15) is 11.5 Å². The molecule has 2 aromatic heterocycles. The van der Waals surface area contributed by atoms with Crippen molar-refractivity contribution in [3.63, 3.8) is 0 Å². The number of amides is 1. The zero-order valence-electron chi connectivity index (χ0n) is 15.4. The molecule has 0 unspecified atom stereocenters. The standard InChI is InChI=1S/C18H19N5O4S/c1-23(28(2,25)26)12-16(24)20-15-6-4-3-5-14(15)11-17-21-18(22-27-17)13-7-9-19-10-8-13/h3-10H,11-12H2,1-2H3,(H,20,24). The van der Waals surface area contributed by atoms with Crippen LogP contribution in [0.5, 0.6) is 0 Å². The normalized spacial score (nSPS) is 11.5. The molecule has 0 aliphatic carbocycles. The van der Waals surface area contributed by atoms with Gasteiger partial charge in [-0.2, -0.15) is 9.29 Å². The summed E-state index contributed by atoms with van der Waals surface area (Å²) in [5.74, 6) is 0.402. The third-order valence-corrected chi connectivity index (χ3v) is 5.23. The van der Waals surface area contributed by atoms with Crippen LogP contribution in [0, 0.1) is 0 Å². The molecule has 9 nitrogen and oxygen atoms in total. The van der Waals surface area contributed by atoms with Crippen LogP contribution in [0.2, 0.25) is 0 Å². The van der Waals surface area contributed by atoms with Crippen molar-refractivity contribution in [2.75, 3.05) is 25.2 Å². The number of anilines is 1. The zero-order chi connectivity index (χ0) is 20.1. The van der Waals surface area contributed by atoms with Gasteiger partial charge in [-0.1, -0.05) is 23.4 Å². The van der Waals surface area contributed by atoms with Gasteiger partial charge in [0.2, 0.25) is 27.6 Å². The van der Waals surface area contributed by atoms with Gasteiger partial charge in [0, 0.05) is 30.7 Å². The molecular formula is C18H19N5O4S. The van der Waals surface area contributed by atoms with Crippen LogP contribution in [-0.4, -0.2) is 53.6 Å². The number of aromatic nitrogens is 3. The van der Waals surface area contributed by atoms with E-state index in [9.17, 15) is 13.2 Å². The van der Waals surface area contributed by atoms with Gasteiger partial charge in [-0.05, 0) is 23.8 Å². The van der Waals surface area contributed by atoms with Crippen molar-refractivity contribution in [2.24, 2.45) is 0 Å². The van der Waals surface area contributed by atoms with E-state index in [4.69, 9.17) is 4.52 Å². The molecule has 1 aromatic carbocycles. The van der Waals surface area contributed by atoms with Gasteiger partial charge >= 0.3 is 0 Å². The number of likely N-dealkylation sites (N-methyl/N-ethyl adjacent to an activating group) is 1. The summed E-state index contributed by atoms with van der Waals surface area (Å²) in [5.41, 5.74) is 2.11. The maximum absolute atomic E-state index is 12.2. The highest BCUT2D eigenvalue weighted by atomic mass is 32.2. The van der Waals surface area contributed by atoms with E-state index in [1.165, 1.54) is 7.05 Å². The first kappa shape index (κ1) is 19.6. The van der Waals surface area contributed by atoms with E-state index < -0.39 is 15.9 Å². The Bertz CT molecular complexity index is 1070. The van der Waals surface area contributed by atoms with E-state index in [0.29, 0.717) is 23.8 Å². The monoisotopic (exact) mass is 401 g/mol. The lowest BCUT2D eigenvalue weighted by molar-refractivity contribution is -0.116. The fourth-order valence-electron chi connectivity index (χ4n) is 2.41. The predicted molar refractivity (Wildman–Crippen MR) is 103 cm³/mol. The van der Waals surface area contributed by atoms with Crippen molar-refractivity contribution in [1.29, 1.82) is 0 Å². The molecule has 0 atom stereocenters. The first-order chi connectivity index (χ1) is 13.3. The fourth-order valence-corrected chi connectivity index (χ4v) is 2.77. The van der Waals surface area contributed by atoms with E-state index in [2.05, 4.69) is 20.4 Å². The molecule has 3 rings (SSSR count). The minimum atomic E-state index is -3.44. The highest BCUT2D eigenvalue weighted by molar-refractivity contribution is 7.88. The zero-order valence-corrected chi connectivity index (χ0v) is 16.2. The molecule has 146 valence electrons. The molecule has 28 heavy (non-hydrogen) atoms. The highest BCUT2D eigenvalue weighted by Crippen LogP contribution is 2.20. The topological polar surface area (TPSA) is 118 Å². The van der Waals surface area contributed by atoms with Crippen LogP contribution in [0.3, 0.4) is 0 Å². The molecule has 0 aliphatic heterocycles. The SMILES string of the molecule is CN(CC(=O)Nc1ccccc1Cc1nc(-c2ccncc2)no1)S(C)(=O)=O. The second kappa shape index (κ2) is 8.28. The van der Waals surface area contributed by atoms with Gasteiger partial charge in [0.25, 0.3) is 0 Å². The number of para-hydroxylation sites is 1. The largest absolute Gasteiger partial charge is 0.339 e. The minimum Gasteiger partial charge on any atom is -0.339 e. The first-order valence-corrected chi connectivity index (χ1v) is 10.2. The quantitative estimate of drug-likeness (QED) is 0.638. The van der Waals surface area contributed by atoms with Crippen molar-refractivity contribution in [3.05, 3.63) is 60.2 Å². The molecule has 0 bridgehead atoms. The van der Waals surface area contributed by atoms with Crippen LogP contribution in [-0.2, 0) is 21.2 Å². The van der Waals surface area contributed by atoms with Crippen molar-refractivity contribution in [2.45, 2.75) is 6.42 Å². The molecule has 0 radical (unpaired) electrons. The molecule has 0 aliphatic rings. The summed E-state index contributed by atoms with van der Waals surface area (Å²) in [7, 11) is -2.09. The van der Waals surface area contributed by atoms with Gasteiger partial charge in [-0.3, -0.25) is 9.78 Å². The highest BCUT2D eigenvalue weighted by Gasteiger charge is 2.17. The lowest BCUT2D eigenvalue weighted by Crippen LogP contribution is -2.34. The minimum absolute atomic E-state index is 0.278. The third-order valence-electron chi connectivity index (χ3n) is 3.97. The summed E-state index contributed by atoms with van der Waals surface area (Å²) in [5, 5.41) is 6.69. The molecule has 2 heterocycles. The lowest BCUT2D eigenvalue weighted by atomic mass is 10.1. The molecule has 0 saturated heterocycles. The van der Waals surface area contributed by atoms with Crippen molar-refractivity contribution >= 4 is 21.6 Å². The number of carbonyl (C=O) groups is 1. The molecular weight excluding hydrogens is 382 g/mol. The number of benzene rings is 1. The van der Waals surface area contributed by atoms with Gasteiger partial charge in [0.15, 0.2) is 0 Å². The molecule has 1 N–H and O–H groups in total.